The van der Waals surface area contributed by atoms with Gasteiger partial charge in [-0.15, -0.1) is 0 Å². The van der Waals surface area contributed by atoms with E-state index in [-0.39, 0.29) is 17.3 Å². The summed E-state index contributed by atoms with van der Waals surface area (Å²) in [5.74, 6) is 0.499. The number of carbonyl (C=O) groups excluding carboxylic acids is 1. The number of benzene rings is 8. The van der Waals surface area contributed by atoms with Crippen LogP contribution in [0.2, 0.25) is 0 Å². The van der Waals surface area contributed by atoms with Crippen LogP contribution in [0.4, 0.5) is 0 Å². The second kappa shape index (κ2) is 9.78. The first-order chi connectivity index (χ1) is 23.6. The molecule has 0 aromatic heterocycles. The fourth-order valence-corrected chi connectivity index (χ4v) is 7.94. The number of ketones is 1. The average Bonchev–Trinajstić information content (AvgIpc) is 3.86. The number of phenols is 2. The summed E-state index contributed by atoms with van der Waals surface area (Å²) in [5, 5.41) is 30.7. The molecule has 0 spiro atoms. The highest BCUT2D eigenvalue weighted by molar-refractivity contribution is 6.37. The lowest BCUT2D eigenvalue weighted by Gasteiger charge is -2.22. The topological polar surface area (TPSA) is 57.5 Å². The molecule has 0 saturated carbocycles. The molecular formula is C45H26O3. The highest BCUT2D eigenvalue weighted by atomic mass is 16.3. The lowest BCUT2D eigenvalue weighted by atomic mass is 9.80. The molecule has 0 heterocycles. The SMILES string of the molecule is O=C1c2ccccc2C(=C2C(c3cccc4cc5ccccc5c(O)c34)=C2c2cccc3cc4ccccc4c(O)c23)c2ccccc21. The zero-order valence-corrected chi connectivity index (χ0v) is 25.7. The molecule has 0 amide bonds. The highest BCUT2D eigenvalue weighted by Crippen LogP contribution is 2.61. The van der Waals surface area contributed by atoms with Crippen LogP contribution in [0, 0.1) is 0 Å². The molecule has 0 fully saturated rings. The molecule has 3 nitrogen and oxygen atoms in total. The van der Waals surface area contributed by atoms with E-state index in [0.29, 0.717) is 11.1 Å². The maximum absolute atomic E-state index is 13.8. The van der Waals surface area contributed by atoms with Crippen molar-refractivity contribution in [2.24, 2.45) is 0 Å². The zero-order chi connectivity index (χ0) is 32.1. The summed E-state index contributed by atoms with van der Waals surface area (Å²) >= 11 is 0. The Labute approximate surface area is 276 Å². The summed E-state index contributed by atoms with van der Waals surface area (Å²) in [6.45, 7) is 0. The van der Waals surface area contributed by atoms with Gasteiger partial charge in [-0.25, -0.2) is 0 Å². The Kier molecular flexibility index (Phi) is 5.45. The van der Waals surface area contributed by atoms with Crippen molar-refractivity contribution in [3.8, 4) is 11.5 Å². The number of carbonyl (C=O) groups is 1. The van der Waals surface area contributed by atoms with Crippen molar-refractivity contribution in [1.82, 2.24) is 0 Å². The zero-order valence-electron chi connectivity index (χ0n) is 25.7. The normalized spacial score (nSPS) is 13.9. The third-order valence-corrected chi connectivity index (χ3v) is 10.1. The highest BCUT2D eigenvalue weighted by Gasteiger charge is 2.41. The van der Waals surface area contributed by atoms with Gasteiger partial charge in [-0.1, -0.05) is 133 Å². The molecule has 2 aliphatic rings. The first-order valence-corrected chi connectivity index (χ1v) is 16.1. The van der Waals surface area contributed by atoms with Gasteiger partial charge in [0.2, 0.25) is 0 Å². The molecule has 8 aromatic rings. The maximum atomic E-state index is 13.8. The Morgan fingerprint density at radius 2 is 0.708 bits per heavy atom. The number of aromatic hydroxyl groups is 2. The molecule has 2 N–H and O–H groups in total. The second-order valence-electron chi connectivity index (χ2n) is 12.6. The van der Waals surface area contributed by atoms with E-state index in [1.54, 1.807) is 0 Å². The minimum Gasteiger partial charge on any atom is -0.507 e. The largest absolute Gasteiger partial charge is 0.507 e. The third-order valence-electron chi connectivity index (χ3n) is 10.1. The number of phenolic OH excluding ortho intramolecular Hbond substituents is 2. The van der Waals surface area contributed by atoms with Crippen LogP contribution in [0.3, 0.4) is 0 Å². The molecule has 8 aromatic carbocycles. The first-order valence-electron chi connectivity index (χ1n) is 16.1. The Morgan fingerprint density at radius 3 is 1.19 bits per heavy atom. The van der Waals surface area contributed by atoms with E-state index >= 15 is 0 Å². The summed E-state index contributed by atoms with van der Waals surface area (Å²) in [5.41, 5.74) is 8.94. The van der Waals surface area contributed by atoms with Crippen molar-refractivity contribution in [2.75, 3.05) is 0 Å². The molecule has 0 aliphatic heterocycles. The Bertz CT molecular complexity index is 2630. The molecule has 0 atom stereocenters. The van der Waals surface area contributed by atoms with Gasteiger partial charge in [0.05, 0.1) is 0 Å². The van der Waals surface area contributed by atoms with Gasteiger partial charge in [0.25, 0.3) is 0 Å². The quantitative estimate of drug-likeness (QED) is 0.191. The van der Waals surface area contributed by atoms with Gasteiger partial charge in [0.1, 0.15) is 11.5 Å². The number of rotatable bonds is 2. The van der Waals surface area contributed by atoms with Crippen LogP contribution in [0.1, 0.15) is 38.2 Å². The van der Waals surface area contributed by atoms with Gasteiger partial charge < -0.3 is 10.2 Å². The van der Waals surface area contributed by atoms with Crippen molar-refractivity contribution in [1.29, 1.82) is 0 Å². The van der Waals surface area contributed by atoms with Crippen molar-refractivity contribution >= 4 is 65.6 Å². The van der Waals surface area contributed by atoms with Crippen molar-refractivity contribution in [3.05, 3.63) is 185 Å². The van der Waals surface area contributed by atoms with Gasteiger partial charge in [-0.3, -0.25) is 4.79 Å². The van der Waals surface area contributed by atoms with Crippen molar-refractivity contribution in [3.63, 3.8) is 0 Å². The third kappa shape index (κ3) is 3.61. The number of hydrogen-bond donors (Lipinski definition) is 2. The van der Waals surface area contributed by atoms with E-state index in [1.807, 2.05) is 121 Å². The summed E-state index contributed by atoms with van der Waals surface area (Å²) in [6, 6.07) is 48.0. The second-order valence-corrected chi connectivity index (χ2v) is 12.6. The minimum absolute atomic E-state index is 0.0119. The Balaban J connectivity index is 1.36. The lowest BCUT2D eigenvalue weighted by Crippen LogP contribution is -2.14. The van der Waals surface area contributed by atoms with Gasteiger partial charge in [0.15, 0.2) is 5.78 Å². The Hall–Kier alpha value is -6.45. The molecule has 2 aliphatic carbocycles. The summed E-state index contributed by atoms with van der Waals surface area (Å²) in [7, 11) is 0. The van der Waals surface area contributed by atoms with Crippen LogP contribution in [0.15, 0.2) is 151 Å². The van der Waals surface area contributed by atoms with Crippen LogP contribution in [0.25, 0.3) is 59.8 Å². The molecule has 3 heteroatoms. The number of fused-ring (bicyclic) bond motifs is 6. The van der Waals surface area contributed by atoms with Crippen molar-refractivity contribution in [2.45, 2.75) is 0 Å². The standard InChI is InChI=1S/C45H26O3/c46-43-33-19-7-5-17-31(33)39(32-18-6-8-20-34(32)43)42-40(35-21-9-13-27-23-25-11-1-3-15-29(25)44(47)37(27)35)41(42)36-22-10-14-28-24-26-12-2-4-16-30(26)45(48)38(28)36/h1-24,47-48H. The molecule has 0 saturated heterocycles. The number of allylic oxidation sites excluding steroid dienone is 3. The summed E-state index contributed by atoms with van der Waals surface area (Å²) in [4.78, 5) is 13.8. The molecular weight excluding hydrogens is 588 g/mol. The summed E-state index contributed by atoms with van der Waals surface area (Å²) < 4.78 is 0. The van der Waals surface area contributed by atoms with Crippen LogP contribution >= 0.6 is 0 Å². The maximum Gasteiger partial charge on any atom is 0.194 e. The van der Waals surface area contributed by atoms with Gasteiger partial charge in [0, 0.05) is 32.7 Å². The molecule has 0 radical (unpaired) electrons. The van der Waals surface area contributed by atoms with Gasteiger partial charge >= 0.3 is 0 Å². The monoisotopic (exact) mass is 614 g/mol. The van der Waals surface area contributed by atoms with Crippen LogP contribution in [-0.2, 0) is 0 Å². The van der Waals surface area contributed by atoms with E-state index in [2.05, 4.69) is 24.3 Å². The first kappa shape index (κ1) is 26.7. The fourth-order valence-electron chi connectivity index (χ4n) is 7.94. The Morgan fingerprint density at radius 1 is 0.333 bits per heavy atom. The minimum atomic E-state index is 0.0119. The smallest absolute Gasteiger partial charge is 0.194 e. The molecule has 224 valence electrons. The lowest BCUT2D eigenvalue weighted by molar-refractivity contribution is 0.103. The predicted octanol–water partition coefficient (Wildman–Crippen LogP) is 10.7. The van der Waals surface area contributed by atoms with Crippen molar-refractivity contribution < 1.29 is 15.0 Å². The average molecular weight is 615 g/mol. The van der Waals surface area contributed by atoms with Crippen LogP contribution in [-0.4, -0.2) is 16.0 Å². The fraction of sp³-hybridized carbons (Fsp3) is 0. The predicted molar refractivity (Wildman–Crippen MR) is 195 cm³/mol. The molecule has 0 bridgehead atoms. The number of hydrogen-bond acceptors (Lipinski definition) is 3. The molecule has 0 unspecified atom stereocenters. The van der Waals surface area contributed by atoms with E-state index in [4.69, 9.17) is 0 Å². The summed E-state index contributed by atoms with van der Waals surface area (Å²) in [6.07, 6.45) is 0. The van der Waals surface area contributed by atoms with Crippen LogP contribution in [0.5, 0.6) is 11.5 Å². The van der Waals surface area contributed by atoms with Gasteiger partial charge in [-0.05, 0) is 78.2 Å². The molecule has 48 heavy (non-hydrogen) atoms. The van der Waals surface area contributed by atoms with E-state index in [9.17, 15) is 15.0 Å². The van der Waals surface area contributed by atoms with E-state index in [1.165, 1.54) is 0 Å². The molecule has 10 rings (SSSR count). The van der Waals surface area contributed by atoms with Gasteiger partial charge in [-0.2, -0.15) is 0 Å². The van der Waals surface area contributed by atoms with Crippen LogP contribution < -0.4 is 0 Å². The van der Waals surface area contributed by atoms with E-state index in [0.717, 1.165) is 87.6 Å². The van der Waals surface area contributed by atoms with E-state index < -0.39 is 0 Å².